The molecule has 3 rings (SSSR count). The normalized spacial score (nSPS) is 19.1. The number of hydrogen-bond acceptors (Lipinski definition) is 2. The van der Waals surface area contributed by atoms with Crippen molar-refractivity contribution in [3.05, 3.63) is 35.9 Å². The summed E-state index contributed by atoms with van der Waals surface area (Å²) in [5, 5.41) is 9.36. The van der Waals surface area contributed by atoms with Crippen LogP contribution >= 0.6 is 0 Å². The van der Waals surface area contributed by atoms with E-state index in [1.165, 1.54) is 12.8 Å². The van der Waals surface area contributed by atoms with Crippen LogP contribution in [0.3, 0.4) is 0 Å². The lowest BCUT2D eigenvalue weighted by Crippen LogP contribution is -2.39. The average Bonchev–Trinajstić information content (AvgIpc) is 3.36. The molecule has 0 heterocycles. The molecule has 0 aromatic heterocycles. The van der Waals surface area contributed by atoms with Gasteiger partial charge in [0, 0.05) is 12.6 Å². The molecule has 0 aliphatic heterocycles. The van der Waals surface area contributed by atoms with Gasteiger partial charge in [0.05, 0.1) is 6.07 Å². The van der Waals surface area contributed by atoms with E-state index in [1.807, 2.05) is 35.2 Å². The number of carbonyl (C=O) groups is 1. The van der Waals surface area contributed by atoms with Crippen molar-refractivity contribution in [2.45, 2.75) is 38.1 Å². The van der Waals surface area contributed by atoms with Crippen LogP contribution in [-0.4, -0.2) is 23.4 Å². The molecule has 1 aromatic carbocycles. The summed E-state index contributed by atoms with van der Waals surface area (Å²) in [4.78, 5) is 14.6. The molecule has 1 unspecified atom stereocenters. The second kappa shape index (κ2) is 5.66. The van der Waals surface area contributed by atoms with E-state index in [0.717, 1.165) is 24.9 Å². The zero-order valence-corrected chi connectivity index (χ0v) is 11.7. The third-order valence-electron chi connectivity index (χ3n) is 4.16. The lowest BCUT2D eigenvalue weighted by molar-refractivity contribution is -0.134. The van der Waals surface area contributed by atoms with Crippen LogP contribution in [0.15, 0.2) is 30.3 Å². The molecule has 3 nitrogen and oxygen atoms in total. The molecular weight excluding hydrogens is 248 g/mol. The first-order valence-corrected chi connectivity index (χ1v) is 7.52. The number of nitrogens with zero attached hydrogens (tertiary/aromatic N) is 2. The van der Waals surface area contributed by atoms with Gasteiger partial charge in [-0.2, -0.15) is 5.26 Å². The molecule has 0 N–H and O–H groups in total. The fourth-order valence-corrected chi connectivity index (χ4v) is 2.62. The molecule has 0 radical (unpaired) electrons. The Balaban J connectivity index is 1.67. The first-order valence-electron chi connectivity index (χ1n) is 7.52. The quantitative estimate of drug-likeness (QED) is 0.796. The van der Waals surface area contributed by atoms with Gasteiger partial charge in [-0.15, -0.1) is 0 Å². The molecule has 0 saturated heterocycles. The van der Waals surface area contributed by atoms with Crippen LogP contribution in [0.2, 0.25) is 0 Å². The predicted octanol–water partition coefficient (Wildman–Crippen LogP) is 2.77. The summed E-state index contributed by atoms with van der Waals surface area (Å²) in [5.74, 6) is 0.207. The van der Waals surface area contributed by atoms with E-state index in [2.05, 4.69) is 6.07 Å². The molecule has 3 heteroatoms. The fraction of sp³-hybridized carbons (Fsp3) is 0.529. The smallest absolute Gasteiger partial charge is 0.240 e. The fourth-order valence-electron chi connectivity index (χ4n) is 2.62. The summed E-state index contributed by atoms with van der Waals surface area (Å²) in [7, 11) is 0. The van der Waals surface area contributed by atoms with Gasteiger partial charge in [-0.05, 0) is 43.6 Å². The van der Waals surface area contributed by atoms with E-state index < -0.39 is 5.92 Å². The summed E-state index contributed by atoms with van der Waals surface area (Å²) < 4.78 is 0. The van der Waals surface area contributed by atoms with Crippen molar-refractivity contribution >= 4 is 5.91 Å². The second-order valence-corrected chi connectivity index (χ2v) is 6.04. The Morgan fingerprint density at radius 3 is 2.50 bits per heavy atom. The van der Waals surface area contributed by atoms with E-state index in [1.54, 1.807) is 0 Å². The van der Waals surface area contributed by atoms with Gasteiger partial charge in [-0.3, -0.25) is 4.79 Å². The number of amides is 1. The monoisotopic (exact) mass is 268 g/mol. The van der Waals surface area contributed by atoms with Crippen molar-refractivity contribution in [3.8, 4) is 6.07 Å². The summed E-state index contributed by atoms with van der Waals surface area (Å²) in [6.45, 7) is 0.871. The van der Waals surface area contributed by atoms with Gasteiger partial charge in [-0.1, -0.05) is 30.3 Å². The Labute approximate surface area is 120 Å². The Hall–Kier alpha value is -1.82. The third kappa shape index (κ3) is 3.19. The predicted molar refractivity (Wildman–Crippen MR) is 76.7 cm³/mol. The summed E-state index contributed by atoms with van der Waals surface area (Å²) >= 11 is 0. The van der Waals surface area contributed by atoms with Crippen LogP contribution in [0.4, 0.5) is 0 Å². The standard InChI is InChI=1S/C17H20N2O/c18-11-15(10-13-4-2-1-3-5-13)17(20)19(16-8-9-16)12-14-6-7-14/h1-5,14-16H,6-10,12H2. The van der Waals surface area contributed by atoms with Gasteiger partial charge < -0.3 is 4.90 Å². The van der Waals surface area contributed by atoms with Crippen LogP contribution in [0, 0.1) is 23.2 Å². The second-order valence-electron chi connectivity index (χ2n) is 6.04. The highest BCUT2D eigenvalue weighted by atomic mass is 16.2. The number of benzene rings is 1. The highest BCUT2D eigenvalue weighted by molar-refractivity contribution is 5.82. The van der Waals surface area contributed by atoms with Crippen LogP contribution in [0.1, 0.15) is 31.2 Å². The van der Waals surface area contributed by atoms with E-state index in [-0.39, 0.29) is 5.91 Å². The van der Waals surface area contributed by atoms with Gasteiger partial charge >= 0.3 is 0 Å². The number of nitriles is 1. The number of hydrogen-bond donors (Lipinski definition) is 0. The Bertz CT molecular complexity index is 512. The molecule has 104 valence electrons. The van der Waals surface area contributed by atoms with Gasteiger partial charge in [0.15, 0.2) is 0 Å². The SMILES string of the molecule is N#CC(Cc1ccccc1)C(=O)N(CC1CC1)C1CC1. The molecular formula is C17H20N2O. The molecule has 2 aliphatic rings. The van der Waals surface area contributed by atoms with E-state index in [0.29, 0.717) is 18.4 Å². The molecule has 1 amide bonds. The van der Waals surface area contributed by atoms with Gasteiger partial charge in [0.2, 0.25) is 5.91 Å². The van der Waals surface area contributed by atoms with Gasteiger partial charge in [0.25, 0.3) is 0 Å². The minimum atomic E-state index is -0.531. The summed E-state index contributed by atoms with van der Waals surface area (Å²) in [6, 6.07) is 12.5. The summed E-state index contributed by atoms with van der Waals surface area (Å²) in [5.41, 5.74) is 1.06. The first kappa shape index (κ1) is 13.2. The van der Waals surface area contributed by atoms with E-state index in [4.69, 9.17) is 0 Å². The molecule has 2 saturated carbocycles. The van der Waals surface area contributed by atoms with Crippen LogP contribution < -0.4 is 0 Å². The lowest BCUT2D eigenvalue weighted by atomic mass is 9.99. The molecule has 1 atom stereocenters. The Morgan fingerprint density at radius 2 is 1.95 bits per heavy atom. The van der Waals surface area contributed by atoms with E-state index in [9.17, 15) is 10.1 Å². The largest absolute Gasteiger partial charge is 0.338 e. The van der Waals surface area contributed by atoms with Crippen LogP contribution in [-0.2, 0) is 11.2 Å². The Kier molecular flexibility index (Phi) is 3.73. The zero-order valence-electron chi connectivity index (χ0n) is 11.7. The first-order chi connectivity index (χ1) is 9.78. The molecule has 0 bridgehead atoms. The van der Waals surface area contributed by atoms with Gasteiger partial charge in [-0.25, -0.2) is 0 Å². The maximum atomic E-state index is 12.6. The van der Waals surface area contributed by atoms with Crippen molar-refractivity contribution < 1.29 is 4.79 Å². The highest BCUT2D eigenvalue weighted by Gasteiger charge is 2.38. The highest BCUT2D eigenvalue weighted by Crippen LogP contribution is 2.35. The van der Waals surface area contributed by atoms with E-state index >= 15 is 0 Å². The van der Waals surface area contributed by atoms with Crippen molar-refractivity contribution in [1.82, 2.24) is 4.90 Å². The maximum absolute atomic E-state index is 12.6. The molecule has 20 heavy (non-hydrogen) atoms. The number of carbonyl (C=O) groups excluding carboxylic acids is 1. The zero-order chi connectivity index (χ0) is 13.9. The maximum Gasteiger partial charge on any atom is 0.240 e. The van der Waals surface area contributed by atoms with Crippen molar-refractivity contribution in [2.75, 3.05) is 6.54 Å². The minimum absolute atomic E-state index is 0.0470. The molecule has 2 aliphatic carbocycles. The molecule has 1 aromatic rings. The Morgan fingerprint density at radius 1 is 1.25 bits per heavy atom. The molecule has 0 spiro atoms. The van der Waals surface area contributed by atoms with Crippen LogP contribution in [0.25, 0.3) is 0 Å². The topological polar surface area (TPSA) is 44.1 Å². The third-order valence-corrected chi connectivity index (χ3v) is 4.16. The molecule has 2 fully saturated rings. The van der Waals surface area contributed by atoms with Crippen molar-refractivity contribution in [3.63, 3.8) is 0 Å². The average molecular weight is 268 g/mol. The lowest BCUT2D eigenvalue weighted by Gasteiger charge is -2.24. The van der Waals surface area contributed by atoms with Crippen LogP contribution in [0.5, 0.6) is 0 Å². The van der Waals surface area contributed by atoms with Crippen molar-refractivity contribution in [1.29, 1.82) is 5.26 Å². The summed E-state index contributed by atoms with van der Waals surface area (Å²) in [6.07, 6.45) is 5.24. The van der Waals surface area contributed by atoms with Gasteiger partial charge in [0.1, 0.15) is 5.92 Å². The van der Waals surface area contributed by atoms with Crippen molar-refractivity contribution in [2.24, 2.45) is 11.8 Å². The minimum Gasteiger partial charge on any atom is -0.338 e. The number of rotatable bonds is 6.